The number of rotatable bonds is 6. The van der Waals surface area contributed by atoms with Crippen LogP contribution in [-0.2, 0) is 17.8 Å². The number of pyridine rings is 1. The van der Waals surface area contributed by atoms with Gasteiger partial charge in [0.1, 0.15) is 5.76 Å². The molecule has 3 heterocycles. The average molecular weight is 307 g/mol. The lowest BCUT2D eigenvalue weighted by Gasteiger charge is -2.24. The summed E-state index contributed by atoms with van der Waals surface area (Å²) in [6.45, 7) is 3.28. The van der Waals surface area contributed by atoms with Crippen molar-refractivity contribution >= 4 is 11.6 Å². The highest BCUT2D eigenvalue weighted by molar-refractivity contribution is 6.31. The van der Waals surface area contributed by atoms with Crippen LogP contribution in [0.25, 0.3) is 0 Å². The van der Waals surface area contributed by atoms with E-state index >= 15 is 0 Å². The molecule has 0 aromatic carbocycles. The molecule has 0 saturated carbocycles. The number of ether oxygens (including phenoxy) is 1. The number of furan rings is 1. The molecule has 1 aliphatic rings. The van der Waals surface area contributed by atoms with Crippen molar-refractivity contribution < 1.29 is 9.15 Å². The third-order valence-corrected chi connectivity index (χ3v) is 4.04. The van der Waals surface area contributed by atoms with Gasteiger partial charge >= 0.3 is 0 Å². The predicted octanol–water partition coefficient (Wildman–Crippen LogP) is 3.51. The van der Waals surface area contributed by atoms with E-state index in [-0.39, 0.29) is 0 Å². The number of nitrogens with zero attached hydrogens (tertiary/aromatic N) is 2. The normalized spacial score (nSPS) is 18.5. The highest BCUT2D eigenvalue weighted by Crippen LogP contribution is 2.20. The summed E-state index contributed by atoms with van der Waals surface area (Å²) in [5.74, 6) is 0.957. The molecule has 0 amide bonds. The van der Waals surface area contributed by atoms with Crippen molar-refractivity contribution in [2.24, 2.45) is 0 Å². The molecule has 3 rings (SSSR count). The molecule has 112 valence electrons. The summed E-state index contributed by atoms with van der Waals surface area (Å²) in [6, 6.07) is 5.88. The number of halogens is 1. The minimum Gasteiger partial charge on any atom is -0.468 e. The molecular formula is C16H19ClN2O2. The predicted molar refractivity (Wildman–Crippen MR) is 81.0 cm³/mol. The quantitative estimate of drug-likeness (QED) is 0.818. The first-order chi connectivity index (χ1) is 10.3. The summed E-state index contributed by atoms with van der Waals surface area (Å²) < 4.78 is 11.2. The van der Waals surface area contributed by atoms with Gasteiger partial charge in [-0.3, -0.25) is 9.88 Å². The topological polar surface area (TPSA) is 38.5 Å². The van der Waals surface area contributed by atoms with Crippen molar-refractivity contribution in [3.63, 3.8) is 0 Å². The van der Waals surface area contributed by atoms with E-state index in [4.69, 9.17) is 20.8 Å². The van der Waals surface area contributed by atoms with E-state index in [1.54, 1.807) is 18.7 Å². The summed E-state index contributed by atoms with van der Waals surface area (Å²) in [5.41, 5.74) is 1.08. The average Bonchev–Trinajstić information content (AvgIpc) is 3.15. The molecule has 0 N–H and O–H groups in total. The Morgan fingerprint density at radius 2 is 2.29 bits per heavy atom. The van der Waals surface area contributed by atoms with Crippen LogP contribution in [0.3, 0.4) is 0 Å². The Hall–Kier alpha value is -1.36. The zero-order chi connectivity index (χ0) is 14.5. The summed E-state index contributed by atoms with van der Waals surface area (Å²) in [6.07, 6.45) is 7.75. The Morgan fingerprint density at radius 3 is 3.00 bits per heavy atom. The number of hydrogen-bond acceptors (Lipinski definition) is 4. The van der Waals surface area contributed by atoms with Crippen LogP contribution in [-0.4, -0.2) is 29.1 Å². The van der Waals surface area contributed by atoms with Crippen molar-refractivity contribution in [1.29, 1.82) is 0 Å². The van der Waals surface area contributed by atoms with Gasteiger partial charge < -0.3 is 9.15 Å². The van der Waals surface area contributed by atoms with Gasteiger partial charge in [0, 0.05) is 32.1 Å². The molecule has 2 aromatic heterocycles. The van der Waals surface area contributed by atoms with Crippen molar-refractivity contribution in [2.75, 3.05) is 13.2 Å². The fourth-order valence-electron chi connectivity index (χ4n) is 2.66. The maximum absolute atomic E-state index is 6.22. The molecule has 2 aromatic rings. The van der Waals surface area contributed by atoms with Gasteiger partial charge in [0.2, 0.25) is 0 Å². The first-order valence-corrected chi connectivity index (χ1v) is 7.64. The Morgan fingerprint density at radius 1 is 1.33 bits per heavy atom. The second kappa shape index (κ2) is 7.07. The zero-order valence-corrected chi connectivity index (χ0v) is 12.6. The molecule has 1 atom stereocenters. The van der Waals surface area contributed by atoms with E-state index in [1.807, 2.05) is 18.2 Å². The van der Waals surface area contributed by atoms with E-state index in [2.05, 4.69) is 9.88 Å². The maximum Gasteiger partial charge on any atom is 0.117 e. The fraction of sp³-hybridized carbons (Fsp3) is 0.438. The monoisotopic (exact) mass is 306 g/mol. The minimum atomic E-state index is 0.306. The first-order valence-electron chi connectivity index (χ1n) is 7.26. The van der Waals surface area contributed by atoms with Crippen LogP contribution < -0.4 is 0 Å². The molecule has 0 spiro atoms. The molecule has 0 bridgehead atoms. The molecule has 1 saturated heterocycles. The Kier molecular flexibility index (Phi) is 4.91. The lowest BCUT2D eigenvalue weighted by Crippen LogP contribution is -2.31. The largest absolute Gasteiger partial charge is 0.468 e. The second-order valence-electron chi connectivity index (χ2n) is 5.35. The van der Waals surface area contributed by atoms with Crippen LogP contribution in [0.2, 0.25) is 5.02 Å². The molecule has 1 unspecified atom stereocenters. The minimum absolute atomic E-state index is 0.306. The second-order valence-corrected chi connectivity index (χ2v) is 5.76. The van der Waals surface area contributed by atoms with Crippen LogP contribution in [0.4, 0.5) is 0 Å². The van der Waals surface area contributed by atoms with Gasteiger partial charge in [0.25, 0.3) is 0 Å². The van der Waals surface area contributed by atoms with Gasteiger partial charge in [-0.25, -0.2) is 0 Å². The highest BCUT2D eigenvalue weighted by atomic mass is 35.5. The lowest BCUT2D eigenvalue weighted by molar-refractivity contribution is 0.0655. The van der Waals surface area contributed by atoms with E-state index in [1.165, 1.54) is 0 Å². The lowest BCUT2D eigenvalue weighted by atomic mass is 10.2. The summed E-state index contributed by atoms with van der Waals surface area (Å²) in [4.78, 5) is 6.35. The smallest absolute Gasteiger partial charge is 0.117 e. The number of aromatic nitrogens is 1. The van der Waals surface area contributed by atoms with Crippen molar-refractivity contribution in [2.45, 2.75) is 32.0 Å². The molecule has 0 aliphatic carbocycles. The Labute approximate surface area is 129 Å². The van der Waals surface area contributed by atoms with Gasteiger partial charge in [0.05, 0.1) is 23.9 Å². The van der Waals surface area contributed by atoms with Crippen molar-refractivity contribution in [1.82, 2.24) is 9.88 Å². The van der Waals surface area contributed by atoms with E-state index in [0.717, 1.165) is 50.4 Å². The van der Waals surface area contributed by atoms with Crippen molar-refractivity contribution in [3.05, 3.63) is 53.2 Å². The van der Waals surface area contributed by atoms with Crippen LogP contribution in [0.5, 0.6) is 0 Å². The van der Waals surface area contributed by atoms with Crippen LogP contribution in [0, 0.1) is 0 Å². The molecule has 21 heavy (non-hydrogen) atoms. The molecule has 1 aliphatic heterocycles. The fourth-order valence-corrected chi connectivity index (χ4v) is 2.84. The molecule has 0 radical (unpaired) electrons. The van der Waals surface area contributed by atoms with Crippen LogP contribution in [0.15, 0.2) is 41.3 Å². The van der Waals surface area contributed by atoms with E-state index in [0.29, 0.717) is 11.1 Å². The van der Waals surface area contributed by atoms with Gasteiger partial charge in [0.15, 0.2) is 0 Å². The molecule has 1 fully saturated rings. The van der Waals surface area contributed by atoms with Crippen LogP contribution in [0.1, 0.15) is 24.2 Å². The Bertz CT molecular complexity index is 553. The third-order valence-electron chi connectivity index (χ3n) is 3.70. The zero-order valence-electron chi connectivity index (χ0n) is 11.9. The van der Waals surface area contributed by atoms with E-state index < -0.39 is 0 Å². The molecule has 4 nitrogen and oxygen atoms in total. The van der Waals surface area contributed by atoms with Gasteiger partial charge in [-0.05, 0) is 36.6 Å². The van der Waals surface area contributed by atoms with Crippen LogP contribution >= 0.6 is 11.6 Å². The third kappa shape index (κ3) is 4.06. The summed E-state index contributed by atoms with van der Waals surface area (Å²) in [5, 5.41) is 0.703. The summed E-state index contributed by atoms with van der Waals surface area (Å²) in [7, 11) is 0. The Balaban J connectivity index is 1.69. The van der Waals surface area contributed by atoms with Gasteiger partial charge in [-0.1, -0.05) is 11.6 Å². The maximum atomic E-state index is 6.22. The SMILES string of the molecule is Clc1cnccc1CN(Cc1ccco1)CC1CCCO1. The summed E-state index contributed by atoms with van der Waals surface area (Å²) >= 11 is 6.22. The highest BCUT2D eigenvalue weighted by Gasteiger charge is 2.20. The van der Waals surface area contributed by atoms with E-state index in [9.17, 15) is 0 Å². The number of hydrogen-bond donors (Lipinski definition) is 0. The molecular weight excluding hydrogens is 288 g/mol. The first kappa shape index (κ1) is 14.6. The van der Waals surface area contributed by atoms with Crippen molar-refractivity contribution in [3.8, 4) is 0 Å². The molecule has 5 heteroatoms. The standard InChI is InChI=1S/C16H19ClN2O2/c17-16-9-18-6-5-13(16)10-19(11-14-3-1-7-20-14)12-15-4-2-8-21-15/h1,3,5-7,9,15H,2,4,8,10-12H2. The van der Waals surface area contributed by atoms with Gasteiger partial charge in [-0.2, -0.15) is 0 Å². The van der Waals surface area contributed by atoms with Gasteiger partial charge in [-0.15, -0.1) is 0 Å².